The number of methoxy groups -OCH3 is 1. The van der Waals surface area contributed by atoms with E-state index in [9.17, 15) is 9.59 Å². The second-order valence-electron chi connectivity index (χ2n) is 6.24. The zero-order chi connectivity index (χ0) is 21.2. The van der Waals surface area contributed by atoms with Gasteiger partial charge in [-0.2, -0.15) is 16.9 Å². The molecule has 3 N–H and O–H groups in total. The van der Waals surface area contributed by atoms with Crippen molar-refractivity contribution < 1.29 is 14.3 Å². The molecule has 29 heavy (non-hydrogen) atoms. The molecule has 1 heterocycles. The Kier molecular flexibility index (Phi) is 9.20. The fraction of sp³-hybridized carbons (Fsp3) is 0.474. The molecule has 0 fully saturated rings. The Hall–Kier alpha value is -2.33. The first-order valence-corrected chi connectivity index (χ1v) is 11.2. The van der Waals surface area contributed by atoms with Gasteiger partial charge in [-0.15, -0.1) is 0 Å². The summed E-state index contributed by atoms with van der Waals surface area (Å²) in [6.07, 6.45) is 3.04. The molecule has 0 aliphatic heterocycles. The quantitative estimate of drug-likeness (QED) is 0.466. The molecule has 158 valence electrons. The molecular weight excluding hydrogens is 410 g/mol. The second-order valence-corrected chi connectivity index (χ2v) is 7.61. The number of hydrogen-bond donors (Lipinski definition) is 3. The van der Waals surface area contributed by atoms with Crippen LogP contribution in [0.3, 0.4) is 0 Å². The third-order valence-corrected chi connectivity index (χ3v) is 5.34. The fourth-order valence-electron chi connectivity index (χ4n) is 2.86. The lowest BCUT2D eigenvalue weighted by Crippen LogP contribution is -2.47. The van der Waals surface area contributed by atoms with E-state index >= 15 is 0 Å². The van der Waals surface area contributed by atoms with Gasteiger partial charge in [0.25, 0.3) is 5.91 Å². The SMILES string of the molecule is CCn1c(CCNC(=O)C(CCSC)NC(=O)c2ccccc2OC)n[nH]c1=S. The van der Waals surface area contributed by atoms with Crippen LogP contribution >= 0.6 is 24.0 Å². The first-order chi connectivity index (χ1) is 14.0. The summed E-state index contributed by atoms with van der Waals surface area (Å²) in [5.41, 5.74) is 0.399. The van der Waals surface area contributed by atoms with E-state index in [4.69, 9.17) is 17.0 Å². The maximum atomic E-state index is 12.7. The van der Waals surface area contributed by atoms with E-state index in [1.54, 1.807) is 36.0 Å². The Bertz CT molecular complexity index is 881. The summed E-state index contributed by atoms with van der Waals surface area (Å²) in [4.78, 5) is 25.4. The van der Waals surface area contributed by atoms with Gasteiger partial charge in [-0.1, -0.05) is 12.1 Å². The molecule has 1 aromatic heterocycles. The van der Waals surface area contributed by atoms with Crippen LogP contribution in [0.5, 0.6) is 5.75 Å². The Morgan fingerprint density at radius 2 is 2.14 bits per heavy atom. The van der Waals surface area contributed by atoms with Gasteiger partial charge in [0.1, 0.15) is 17.6 Å². The van der Waals surface area contributed by atoms with Crippen molar-refractivity contribution in [1.29, 1.82) is 0 Å². The lowest BCUT2D eigenvalue weighted by atomic mass is 10.1. The van der Waals surface area contributed by atoms with E-state index in [0.717, 1.165) is 11.6 Å². The van der Waals surface area contributed by atoms with Gasteiger partial charge in [0.05, 0.1) is 12.7 Å². The number of nitrogens with zero attached hydrogens (tertiary/aromatic N) is 2. The molecular formula is C19H27N5O3S2. The highest BCUT2D eigenvalue weighted by Gasteiger charge is 2.22. The van der Waals surface area contributed by atoms with Gasteiger partial charge in [-0.05, 0) is 49.7 Å². The smallest absolute Gasteiger partial charge is 0.255 e. The van der Waals surface area contributed by atoms with Crippen LogP contribution in [0, 0.1) is 4.77 Å². The first kappa shape index (κ1) is 23.0. The van der Waals surface area contributed by atoms with Gasteiger partial charge in [0.2, 0.25) is 5.91 Å². The van der Waals surface area contributed by atoms with E-state index in [0.29, 0.717) is 42.0 Å². The van der Waals surface area contributed by atoms with Gasteiger partial charge in [-0.25, -0.2) is 0 Å². The molecule has 0 bridgehead atoms. The minimum atomic E-state index is -0.633. The number of carbonyl (C=O) groups is 2. The second kappa shape index (κ2) is 11.6. The summed E-state index contributed by atoms with van der Waals surface area (Å²) in [5.74, 6) is 1.45. The maximum Gasteiger partial charge on any atom is 0.255 e. The van der Waals surface area contributed by atoms with Gasteiger partial charge in [0.15, 0.2) is 4.77 Å². The molecule has 0 spiro atoms. The average Bonchev–Trinajstić information content (AvgIpc) is 3.09. The molecule has 0 saturated carbocycles. The summed E-state index contributed by atoms with van der Waals surface area (Å²) >= 11 is 6.80. The van der Waals surface area contributed by atoms with Crippen LogP contribution in [0.4, 0.5) is 0 Å². The van der Waals surface area contributed by atoms with Crippen molar-refractivity contribution in [3.05, 3.63) is 40.4 Å². The largest absolute Gasteiger partial charge is 0.496 e. The predicted molar refractivity (Wildman–Crippen MR) is 117 cm³/mol. The van der Waals surface area contributed by atoms with Crippen molar-refractivity contribution in [2.45, 2.75) is 32.4 Å². The summed E-state index contributed by atoms with van der Waals surface area (Å²) in [7, 11) is 1.51. The fourth-order valence-corrected chi connectivity index (χ4v) is 3.61. The van der Waals surface area contributed by atoms with Crippen LogP contribution in [-0.4, -0.2) is 58.3 Å². The van der Waals surface area contributed by atoms with Crippen LogP contribution < -0.4 is 15.4 Å². The summed E-state index contributed by atoms with van der Waals surface area (Å²) in [6.45, 7) is 3.10. The number of rotatable bonds is 11. The molecule has 1 aromatic carbocycles. The number of hydrogen-bond acceptors (Lipinski definition) is 6. The van der Waals surface area contributed by atoms with Crippen molar-refractivity contribution in [2.75, 3.05) is 25.7 Å². The summed E-state index contributed by atoms with van der Waals surface area (Å²) in [5, 5.41) is 12.7. The number of para-hydroxylation sites is 1. The molecule has 2 aromatic rings. The highest BCUT2D eigenvalue weighted by atomic mass is 32.2. The van der Waals surface area contributed by atoms with Crippen LogP contribution in [0.15, 0.2) is 24.3 Å². The van der Waals surface area contributed by atoms with E-state index in [1.165, 1.54) is 7.11 Å². The number of ether oxygens (including phenoxy) is 1. The zero-order valence-electron chi connectivity index (χ0n) is 16.9. The summed E-state index contributed by atoms with van der Waals surface area (Å²) in [6, 6.07) is 6.30. The predicted octanol–water partition coefficient (Wildman–Crippen LogP) is 2.18. The molecule has 2 amide bonds. The number of aromatic amines is 1. The number of aromatic nitrogens is 3. The molecule has 2 rings (SSSR count). The van der Waals surface area contributed by atoms with Gasteiger partial charge in [-0.3, -0.25) is 14.7 Å². The number of carbonyl (C=O) groups excluding carboxylic acids is 2. The van der Waals surface area contributed by atoms with Crippen LogP contribution in [-0.2, 0) is 17.8 Å². The first-order valence-electron chi connectivity index (χ1n) is 9.36. The molecule has 8 nitrogen and oxygen atoms in total. The number of benzene rings is 1. The van der Waals surface area contributed by atoms with E-state index in [1.807, 2.05) is 17.7 Å². The lowest BCUT2D eigenvalue weighted by Gasteiger charge is -2.19. The lowest BCUT2D eigenvalue weighted by molar-refractivity contribution is -0.123. The normalized spacial score (nSPS) is 11.7. The molecule has 1 unspecified atom stereocenters. The van der Waals surface area contributed by atoms with Crippen LogP contribution in [0.25, 0.3) is 0 Å². The maximum absolute atomic E-state index is 12.7. The topological polar surface area (TPSA) is 101 Å². The Morgan fingerprint density at radius 1 is 1.38 bits per heavy atom. The summed E-state index contributed by atoms with van der Waals surface area (Å²) < 4.78 is 7.69. The standard InChI is InChI=1S/C19H27N5O3S2/c1-4-24-16(22-23-19(24)28)9-11-20-18(26)14(10-12-29-3)21-17(25)13-7-5-6-8-15(13)27-2/h5-8,14H,4,9-12H2,1-3H3,(H,20,26)(H,21,25)(H,23,28). The third-order valence-electron chi connectivity index (χ3n) is 4.39. The number of H-pyrrole nitrogens is 1. The van der Waals surface area contributed by atoms with Gasteiger partial charge < -0.3 is 19.9 Å². The van der Waals surface area contributed by atoms with E-state index in [2.05, 4.69) is 20.8 Å². The highest BCUT2D eigenvalue weighted by molar-refractivity contribution is 7.98. The van der Waals surface area contributed by atoms with Crippen molar-refractivity contribution in [2.24, 2.45) is 0 Å². The van der Waals surface area contributed by atoms with Crippen LogP contribution in [0.1, 0.15) is 29.5 Å². The van der Waals surface area contributed by atoms with Crippen molar-refractivity contribution in [3.8, 4) is 5.75 Å². The molecule has 0 radical (unpaired) electrons. The van der Waals surface area contributed by atoms with Crippen molar-refractivity contribution in [3.63, 3.8) is 0 Å². The number of thioether (sulfide) groups is 1. The van der Waals surface area contributed by atoms with E-state index in [-0.39, 0.29) is 11.8 Å². The molecule has 10 heteroatoms. The number of nitrogens with one attached hydrogen (secondary N) is 3. The Labute approximate surface area is 179 Å². The molecule has 0 aliphatic rings. The molecule has 1 atom stereocenters. The minimum Gasteiger partial charge on any atom is -0.496 e. The number of amides is 2. The zero-order valence-corrected chi connectivity index (χ0v) is 18.5. The third kappa shape index (κ3) is 6.33. The molecule has 0 saturated heterocycles. The van der Waals surface area contributed by atoms with E-state index < -0.39 is 6.04 Å². The van der Waals surface area contributed by atoms with Gasteiger partial charge in [0, 0.05) is 19.5 Å². The molecule has 0 aliphatic carbocycles. The van der Waals surface area contributed by atoms with Crippen LogP contribution in [0.2, 0.25) is 0 Å². The average molecular weight is 438 g/mol. The Balaban J connectivity index is 1.99. The van der Waals surface area contributed by atoms with Gasteiger partial charge >= 0.3 is 0 Å². The van der Waals surface area contributed by atoms with Crippen molar-refractivity contribution in [1.82, 2.24) is 25.4 Å². The van der Waals surface area contributed by atoms with Crippen molar-refractivity contribution >= 4 is 35.8 Å². The minimum absolute atomic E-state index is 0.223. The Morgan fingerprint density at radius 3 is 2.83 bits per heavy atom. The monoisotopic (exact) mass is 437 g/mol. The highest BCUT2D eigenvalue weighted by Crippen LogP contribution is 2.17.